The first kappa shape index (κ1) is 15.9. The highest BCUT2D eigenvalue weighted by atomic mass is 14.3. The molecule has 114 valence electrons. The smallest absolute Gasteiger partial charge is 0.0200 e. The maximum atomic E-state index is 5.56. The Bertz CT molecular complexity index is 282. The number of unbranched alkanes of at least 4 members (excludes halogenated alkanes) is 3. The number of hydrogen-bond acceptors (Lipinski definition) is 0. The topological polar surface area (TPSA) is 0 Å². The molecule has 0 atom stereocenters. The second-order valence-electron chi connectivity index (χ2n) is 7.41. The standard InChI is InChI=1S/C20H34/c1-3-5-6-7-8-18-11-15-20(16-12-18)19-13-9-17(4-2)10-14-19/h2,17-20H,3,5-16H2,1H3/t17-,18-,19-,20-. The first-order valence-corrected chi connectivity index (χ1v) is 9.29. The fourth-order valence-electron chi connectivity index (χ4n) is 4.57. The summed E-state index contributed by atoms with van der Waals surface area (Å²) in [5, 5.41) is 0. The second-order valence-corrected chi connectivity index (χ2v) is 7.41. The van der Waals surface area contributed by atoms with Gasteiger partial charge in [0.2, 0.25) is 0 Å². The van der Waals surface area contributed by atoms with Gasteiger partial charge in [-0.05, 0) is 56.3 Å². The minimum absolute atomic E-state index is 0.598. The third kappa shape index (κ3) is 4.83. The minimum atomic E-state index is 0.598. The molecule has 0 radical (unpaired) electrons. The van der Waals surface area contributed by atoms with E-state index in [1.165, 1.54) is 83.5 Å². The molecular formula is C20H34. The summed E-state index contributed by atoms with van der Waals surface area (Å²) in [5.41, 5.74) is 0. The first-order valence-electron chi connectivity index (χ1n) is 9.29. The highest BCUT2D eigenvalue weighted by Gasteiger charge is 2.30. The van der Waals surface area contributed by atoms with Gasteiger partial charge in [-0.3, -0.25) is 0 Å². The zero-order valence-electron chi connectivity index (χ0n) is 13.6. The molecule has 0 heterocycles. The van der Waals surface area contributed by atoms with Crippen LogP contribution < -0.4 is 0 Å². The van der Waals surface area contributed by atoms with Crippen LogP contribution in [0.5, 0.6) is 0 Å². The van der Waals surface area contributed by atoms with Gasteiger partial charge in [-0.15, -0.1) is 12.3 Å². The Morgan fingerprint density at radius 1 is 0.800 bits per heavy atom. The fourth-order valence-corrected chi connectivity index (χ4v) is 4.57. The quantitative estimate of drug-likeness (QED) is 0.399. The summed E-state index contributed by atoms with van der Waals surface area (Å²) >= 11 is 0. The van der Waals surface area contributed by atoms with E-state index in [0.717, 1.165) is 17.8 Å². The maximum Gasteiger partial charge on any atom is 0.0200 e. The van der Waals surface area contributed by atoms with Crippen LogP contribution in [0.25, 0.3) is 0 Å². The van der Waals surface area contributed by atoms with Gasteiger partial charge >= 0.3 is 0 Å². The van der Waals surface area contributed by atoms with Crippen molar-refractivity contribution in [2.45, 2.75) is 90.4 Å². The average Bonchev–Trinajstić information content (AvgIpc) is 2.52. The molecule has 0 aliphatic heterocycles. The van der Waals surface area contributed by atoms with Gasteiger partial charge in [0, 0.05) is 5.92 Å². The van der Waals surface area contributed by atoms with Gasteiger partial charge in [0.05, 0.1) is 0 Å². The predicted octanol–water partition coefficient (Wildman–Crippen LogP) is 6.20. The molecular weight excluding hydrogens is 240 g/mol. The van der Waals surface area contributed by atoms with E-state index in [-0.39, 0.29) is 0 Å². The van der Waals surface area contributed by atoms with Crippen LogP contribution in [0.3, 0.4) is 0 Å². The van der Waals surface area contributed by atoms with E-state index in [1.54, 1.807) is 0 Å². The van der Waals surface area contributed by atoms with Gasteiger partial charge in [0.1, 0.15) is 0 Å². The summed E-state index contributed by atoms with van der Waals surface area (Å²) in [6.45, 7) is 2.31. The van der Waals surface area contributed by atoms with Crippen molar-refractivity contribution in [1.29, 1.82) is 0 Å². The Labute approximate surface area is 127 Å². The summed E-state index contributed by atoms with van der Waals surface area (Å²) < 4.78 is 0. The van der Waals surface area contributed by atoms with Crippen molar-refractivity contribution >= 4 is 0 Å². The van der Waals surface area contributed by atoms with E-state index < -0.39 is 0 Å². The van der Waals surface area contributed by atoms with Crippen molar-refractivity contribution in [2.24, 2.45) is 23.7 Å². The van der Waals surface area contributed by atoms with Gasteiger partial charge in [-0.1, -0.05) is 51.9 Å². The van der Waals surface area contributed by atoms with E-state index in [4.69, 9.17) is 6.42 Å². The molecule has 2 aliphatic carbocycles. The highest BCUT2D eigenvalue weighted by molar-refractivity contribution is 4.96. The summed E-state index contributed by atoms with van der Waals surface area (Å²) in [4.78, 5) is 0. The Morgan fingerprint density at radius 3 is 1.95 bits per heavy atom. The lowest BCUT2D eigenvalue weighted by atomic mass is 9.69. The maximum absolute atomic E-state index is 5.56. The van der Waals surface area contributed by atoms with Crippen LogP contribution >= 0.6 is 0 Å². The Kier molecular flexibility index (Phi) is 6.98. The van der Waals surface area contributed by atoms with Crippen LogP contribution in [0.15, 0.2) is 0 Å². The van der Waals surface area contributed by atoms with E-state index in [2.05, 4.69) is 12.8 Å². The summed E-state index contributed by atoms with van der Waals surface area (Å²) in [6, 6.07) is 0. The van der Waals surface area contributed by atoms with Gasteiger partial charge < -0.3 is 0 Å². The van der Waals surface area contributed by atoms with Crippen LogP contribution in [0.4, 0.5) is 0 Å². The molecule has 0 bridgehead atoms. The molecule has 0 N–H and O–H groups in total. The van der Waals surface area contributed by atoms with E-state index in [1.807, 2.05) is 0 Å². The number of rotatable bonds is 6. The van der Waals surface area contributed by atoms with Crippen molar-refractivity contribution < 1.29 is 0 Å². The third-order valence-corrected chi connectivity index (χ3v) is 6.03. The van der Waals surface area contributed by atoms with E-state index in [0.29, 0.717) is 5.92 Å². The third-order valence-electron chi connectivity index (χ3n) is 6.03. The van der Waals surface area contributed by atoms with Crippen molar-refractivity contribution in [2.75, 3.05) is 0 Å². The lowest BCUT2D eigenvalue weighted by Gasteiger charge is -2.37. The van der Waals surface area contributed by atoms with Crippen LogP contribution in [0, 0.1) is 36.0 Å². The van der Waals surface area contributed by atoms with Crippen LogP contribution in [0.2, 0.25) is 0 Å². The van der Waals surface area contributed by atoms with E-state index in [9.17, 15) is 0 Å². The minimum Gasteiger partial charge on any atom is -0.120 e. The molecule has 2 saturated carbocycles. The lowest BCUT2D eigenvalue weighted by molar-refractivity contribution is 0.153. The predicted molar refractivity (Wildman–Crippen MR) is 88.5 cm³/mol. The summed E-state index contributed by atoms with van der Waals surface area (Å²) in [5.74, 6) is 6.68. The molecule has 0 heteroatoms. The van der Waals surface area contributed by atoms with E-state index >= 15 is 0 Å². The number of terminal acetylenes is 1. The Hall–Kier alpha value is -0.440. The molecule has 2 rings (SSSR count). The van der Waals surface area contributed by atoms with Crippen LogP contribution in [0.1, 0.15) is 90.4 Å². The van der Waals surface area contributed by atoms with Crippen molar-refractivity contribution in [1.82, 2.24) is 0 Å². The van der Waals surface area contributed by atoms with Gasteiger partial charge in [-0.25, -0.2) is 0 Å². The fraction of sp³-hybridized carbons (Fsp3) is 0.900. The number of hydrogen-bond donors (Lipinski definition) is 0. The Morgan fingerprint density at radius 2 is 1.40 bits per heavy atom. The van der Waals surface area contributed by atoms with Crippen molar-refractivity contribution in [3.8, 4) is 12.3 Å². The molecule has 0 amide bonds. The molecule has 0 aromatic carbocycles. The molecule has 0 aromatic rings. The lowest BCUT2D eigenvalue weighted by Crippen LogP contribution is -2.25. The average molecular weight is 274 g/mol. The first-order chi connectivity index (χ1) is 9.83. The largest absolute Gasteiger partial charge is 0.120 e. The molecule has 0 unspecified atom stereocenters. The molecule has 0 nitrogen and oxygen atoms in total. The van der Waals surface area contributed by atoms with Gasteiger partial charge in [-0.2, -0.15) is 0 Å². The molecule has 0 spiro atoms. The molecule has 2 aliphatic rings. The van der Waals surface area contributed by atoms with Crippen LogP contribution in [-0.2, 0) is 0 Å². The monoisotopic (exact) mass is 274 g/mol. The zero-order valence-corrected chi connectivity index (χ0v) is 13.6. The zero-order chi connectivity index (χ0) is 14.2. The SMILES string of the molecule is C#C[C@H]1CC[C@H]([C@H]2CC[C@H](CCCCCC)CC2)CC1. The van der Waals surface area contributed by atoms with Crippen LogP contribution in [-0.4, -0.2) is 0 Å². The normalized spacial score (nSPS) is 34.6. The second kappa shape index (κ2) is 8.76. The van der Waals surface area contributed by atoms with Gasteiger partial charge in [0.15, 0.2) is 0 Å². The summed E-state index contributed by atoms with van der Waals surface area (Å²) in [6.07, 6.45) is 24.3. The molecule has 20 heavy (non-hydrogen) atoms. The molecule has 2 fully saturated rings. The molecule has 0 aromatic heterocycles. The Balaban J connectivity index is 1.61. The molecule has 0 saturated heterocycles. The van der Waals surface area contributed by atoms with Crippen molar-refractivity contribution in [3.05, 3.63) is 0 Å². The summed E-state index contributed by atoms with van der Waals surface area (Å²) in [7, 11) is 0. The van der Waals surface area contributed by atoms with Gasteiger partial charge in [0.25, 0.3) is 0 Å². The highest BCUT2D eigenvalue weighted by Crippen LogP contribution is 2.42. The van der Waals surface area contributed by atoms with Crippen molar-refractivity contribution in [3.63, 3.8) is 0 Å².